The highest BCUT2D eigenvalue weighted by Crippen LogP contribution is 2.29. The first-order valence-corrected chi connectivity index (χ1v) is 6.53. The maximum Gasteiger partial charge on any atom is 0.347 e. The largest absolute Gasteiger partial charge is 0.494 e. The SMILES string of the molecule is CCOc1ccc(Oc2nc(C)c(C(=O)O)s2)cc1. The zero-order valence-electron chi connectivity index (χ0n) is 10.5. The summed E-state index contributed by atoms with van der Waals surface area (Å²) in [6.45, 7) is 4.16. The van der Waals surface area contributed by atoms with Gasteiger partial charge in [0.25, 0.3) is 5.19 Å². The summed E-state index contributed by atoms with van der Waals surface area (Å²) in [5.74, 6) is 0.363. The van der Waals surface area contributed by atoms with Crippen LogP contribution in [0.2, 0.25) is 0 Å². The second-order valence-electron chi connectivity index (χ2n) is 3.71. The first kappa shape index (κ1) is 13.4. The Hall–Kier alpha value is -2.08. The number of ether oxygens (including phenoxy) is 2. The van der Waals surface area contributed by atoms with Crippen LogP contribution < -0.4 is 9.47 Å². The third-order valence-corrected chi connectivity index (χ3v) is 3.33. The van der Waals surface area contributed by atoms with Crippen LogP contribution in [-0.2, 0) is 0 Å². The van der Waals surface area contributed by atoms with Crippen molar-refractivity contribution in [1.82, 2.24) is 4.98 Å². The Morgan fingerprint density at radius 1 is 1.32 bits per heavy atom. The fourth-order valence-corrected chi connectivity index (χ4v) is 2.26. The van der Waals surface area contributed by atoms with E-state index in [1.54, 1.807) is 31.2 Å². The van der Waals surface area contributed by atoms with E-state index >= 15 is 0 Å². The summed E-state index contributed by atoms with van der Waals surface area (Å²) < 4.78 is 10.8. The number of rotatable bonds is 5. The Balaban J connectivity index is 2.12. The number of nitrogens with zero attached hydrogens (tertiary/aromatic N) is 1. The second-order valence-corrected chi connectivity index (χ2v) is 4.67. The van der Waals surface area contributed by atoms with Crippen LogP contribution in [0.5, 0.6) is 16.7 Å². The number of carbonyl (C=O) groups is 1. The van der Waals surface area contributed by atoms with Crippen LogP contribution >= 0.6 is 11.3 Å². The zero-order valence-corrected chi connectivity index (χ0v) is 11.4. The van der Waals surface area contributed by atoms with E-state index in [2.05, 4.69) is 4.98 Å². The molecule has 0 radical (unpaired) electrons. The number of carboxylic acids is 1. The molecule has 100 valence electrons. The quantitative estimate of drug-likeness (QED) is 0.909. The molecule has 0 unspecified atom stereocenters. The fraction of sp³-hybridized carbons (Fsp3) is 0.231. The van der Waals surface area contributed by atoms with Crippen molar-refractivity contribution in [3.05, 3.63) is 34.8 Å². The van der Waals surface area contributed by atoms with Gasteiger partial charge in [-0.05, 0) is 38.1 Å². The molecule has 0 aliphatic heterocycles. The highest BCUT2D eigenvalue weighted by Gasteiger charge is 2.15. The molecule has 0 fully saturated rings. The van der Waals surface area contributed by atoms with Gasteiger partial charge in [0.2, 0.25) is 0 Å². The summed E-state index contributed by atoms with van der Waals surface area (Å²) in [6, 6.07) is 7.08. The number of thiazole rings is 1. The molecular formula is C13H13NO4S. The van der Waals surface area contributed by atoms with Crippen LogP contribution in [0.15, 0.2) is 24.3 Å². The molecule has 1 N–H and O–H groups in total. The molecule has 19 heavy (non-hydrogen) atoms. The van der Waals surface area contributed by atoms with Crippen molar-refractivity contribution in [2.24, 2.45) is 0 Å². The van der Waals surface area contributed by atoms with Gasteiger partial charge in [0.1, 0.15) is 16.4 Å². The van der Waals surface area contributed by atoms with Gasteiger partial charge in [-0.15, -0.1) is 0 Å². The molecule has 1 heterocycles. The monoisotopic (exact) mass is 279 g/mol. The Labute approximate surface area is 114 Å². The van der Waals surface area contributed by atoms with Gasteiger partial charge in [-0.2, -0.15) is 0 Å². The van der Waals surface area contributed by atoms with E-state index in [1.165, 1.54) is 0 Å². The molecule has 1 aromatic heterocycles. The molecule has 0 spiro atoms. The molecule has 2 aromatic rings. The number of aromatic carboxylic acids is 1. The highest BCUT2D eigenvalue weighted by molar-refractivity contribution is 7.15. The van der Waals surface area contributed by atoms with Crippen molar-refractivity contribution < 1.29 is 19.4 Å². The predicted octanol–water partition coefficient (Wildman–Crippen LogP) is 3.34. The maximum absolute atomic E-state index is 10.9. The molecule has 2 rings (SSSR count). The summed E-state index contributed by atoms with van der Waals surface area (Å²) in [5, 5.41) is 9.26. The number of hydrogen-bond acceptors (Lipinski definition) is 5. The van der Waals surface area contributed by atoms with E-state index in [1.807, 2.05) is 6.92 Å². The number of aromatic nitrogens is 1. The lowest BCUT2D eigenvalue weighted by Gasteiger charge is -2.04. The average Bonchev–Trinajstić information content (AvgIpc) is 2.73. The topological polar surface area (TPSA) is 68.7 Å². The van der Waals surface area contributed by atoms with E-state index in [-0.39, 0.29) is 4.88 Å². The molecule has 0 aliphatic rings. The minimum absolute atomic E-state index is 0.195. The Morgan fingerprint density at radius 3 is 2.47 bits per heavy atom. The third-order valence-electron chi connectivity index (χ3n) is 2.31. The van der Waals surface area contributed by atoms with Crippen molar-refractivity contribution in [3.63, 3.8) is 0 Å². The minimum Gasteiger partial charge on any atom is -0.494 e. The van der Waals surface area contributed by atoms with Gasteiger partial charge in [-0.25, -0.2) is 9.78 Å². The summed E-state index contributed by atoms with van der Waals surface area (Å²) in [7, 11) is 0. The lowest BCUT2D eigenvalue weighted by molar-refractivity contribution is 0.0701. The van der Waals surface area contributed by atoms with Crippen molar-refractivity contribution in [3.8, 4) is 16.7 Å². The van der Waals surface area contributed by atoms with Crippen LogP contribution in [0, 0.1) is 6.92 Å². The van der Waals surface area contributed by atoms with Gasteiger partial charge in [-0.3, -0.25) is 0 Å². The lowest BCUT2D eigenvalue weighted by atomic mass is 10.3. The number of hydrogen-bond donors (Lipinski definition) is 1. The van der Waals surface area contributed by atoms with E-state index < -0.39 is 5.97 Å². The second kappa shape index (κ2) is 5.71. The molecule has 0 amide bonds. The van der Waals surface area contributed by atoms with E-state index in [9.17, 15) is 4.79 Å². The number of benzene rings is 1. The summed E-state index contributed by atoms with van der Waals surface area (Å²) in [6.07, 6.45) is 0. The highest BCUT2D eigenvalue weighted by atomic mass is 32.1. The van der Waals surface area contributed by atoms with Crippen molar-refractivity contribution in [1.29, 1.82) is 0 Å². The van der Waals surface area contributed by atoms with Crippen LogP contribution in [0.25, 0.3) is 0 Å². The standard InChI is InChI=1S/C13H13NO4S/c1-3-17-9-4-6-10(7-5-9)18-13-14-8(2)11(19-13)12(15)16/h4-7H,3H2,1-2H3,(H,15,16). The van der Waals surface area contributed by atoms with E-state index in [4.69, 9.17) is 14.6 Å². The summed E-state index contributed by atoms with van der Waals surface area (Å²) >= 11 is 1.01. The lowest BCUT2D eigenvalue weighted by Crippen LogP contribution is -1.94. The number of carboxylic acid groups (broad SMARTS) is 1. The Kier molecular flexibility index (Phi) is 4.01. The fourth-order valence-electron chi connectivity index (χ4n) is 1.49. The number of aryl methyl sites for hydroxylation is 1. The molecule has 0 bridgehead atoms. The van der Waals surface area contributed by atoms with Crippen LogP contribution in [0.3, 0.4) is 0 Å². The predicted molar refractivity (Wildman–Crippen MR) is 71.5 cm³/mol. The Bertz CT molecular complexity index is 577. The van der Waals surface area contributed by atoms with Crippen LogP contribution in [0.1, 0.15) is 22.3 Å². The van der Waals surface area contributed by atoms with Gasteiger partial charge in [0.15, 0.2) is 0 Å². The maximum atomic E-state index is 10.9. The molecular weight excluding hydrogens is 266 g/mol. The molecule has 0 aliphatic carbocycles. The average molecular weight is 279 g/mol. The van der Waals surface area contributed by atoms with Crippen molar-refractivity contribution >= 4 is 17.3 Å². The zero-order chi connectivity index (χ0) is 13.8. The minimum atomic E-state index is -0.989. The molecule has 5 nitrogen and oxygen atoms in total. The summed E-state index contributed by atoms with van der Waals surface area (Å²) in [4.78, 5) is 15.2. The molecule has 1 aromatic carbocycles. The van der Waals surface area contributed by atoms with Crippen molar-refractivity contribution in [2.75, 3.05) is 6.61 Å². The van der Waals surface area contributed by atoms with Gasteiger partial charge < -0.3 is 14.6 Å². The van der Waals surface area contributed by atoms with Gasteiger partial charge in [-0.1, -0.05) is 11.3 Å². The summed E-state index contributed by atoms with van der Waals surface area (Å²) in [5.41, 5.74) is 0.457. The normalized spacial score (nSPS) is 10.2. The smallest absolute Gasteiger partial charge is 0.347 e. The molecule has 0 saturated carbocycles. The van der Waals surface area contributed by atoms with E-state index in [0.29, 0.717) is 23.2 Å². The molecule has 0 atom stereocenters. The van der Waals surface area contributed by atoms with E-state index in [0.717, 1.165) is 17.1 Å². The third kappa shape index (κ3) is 3.23. The first-order valence-electron chi connectivity index (χ1n) is 5.71. The van der Waals surface area contributed by atoms with Crippen molar-refractivity contribution in [2.45, 2.75) is 13.8 Å². The van der Waals surface area contributed by atoms with Gasteiger partial charge >= 0.3 is 5.97 Å². The van der Waals surface area contributed by atoms with Gasteiger partial charge in [0, 0.05) is 0 Å². The first-order chi connectivity index (χ1) is 9.10. The van der Waals surface area contributed by atoms with Crippen LogP contribution in [0.4, 0.5) is 0 Å². The molecule has 6 heteroatoms. The Morgan fingerprint density at radius 2 is 1.95 bits per heavy atom. The van der Waals surface area contributed by atoms with Crippen LogP contribution in [-0.4, -0.2) is 22.7 Å². The van der Waals surface area contributed by atoms with Gasteiger partial charge in [0.05, 0.1) is 12.3 Å². The molecule has 0 saturated heterocycles.